The molecule has 1 heterocycles. The highest BCUT2D eigenvalue weighted by atomic mass is 19.2. The van der Waals surface area contributed by atoms with E-state index in [1.807, 2.05) is 6.08 Å². The van der Waals surface area contributed by atoms with Crippen LogP contribution in [0.15, 0.2) is 24.8 Å². The number of halogens is 3. The molecule has 0 aromatic heterocycles. The van der Waals surface area contributed by atoms with E-state index in [9.17, 15) is 13.2 Å². The summed E-state index contributed by atoms with van der Waals surface area (Å²) in [6.07, 6.45) is 5.37. The Hall–Kier alpha value is -1.33. The van der Waals surface area contributed by atoms with Crippen LogP contribution in [0.25, 0.3) is 0 Å². The predicted molar refractivity (Wildman–Crippen MR) is 82.2 cm³/mol. The van der Waals surface area contributed by atoms with Gasteiger partial charge in [0.05, 0.1) is 0 Å². The van der Waals surface area contributed by atoms with Gasteiger partial charge in [-0.1, -0.05) is 12.5 Å². The number of piperazine rings is 1. The van der Waals surface area contributed by atoms with Crippen molar-refractivity contribution < 1.29 is 13.2 Å². The molecule has 1 atom stereocenters. The zero-order valence-electron chi connectivity index (χ0n) is 12.8. The van der Waals surface area contributed by atoms with Gasteiger partial charge in [-0.25, -0.2) is 13.2 Å². The van der Waals surface area contributed by atoms with Crippen molar-refractivity contribution in [2.45, 2.75) is 31.7 Å². The molecule has 1 fully saturated rings. The third-order valence-corrected chi connectivity index (χ3v) is 4.13. The number of hydrogen-bond donors (Lipinski definition) is 1. The molecule has 0 bridgehead atoms. The second kappa shape index (κ2) is 8.34. The maximum absolute atomic E-state index is 14.1. The summed E-state index contributed by atoms with van der Waals surface area (Å²) in [5.74, 6) is -2.78. The summed E-state index contributed by atoms with van der Waals surface area (Å²) >= 11 is 0. The van der Waals surface area contributed by atoms with Gasteiger partial charge >= 0.3 is 0 Å². The lowest BCUT2D eigenvalue weighted by molar-refractivity contribution is 0.159. The monoisotopic (exact) mass is 312 g/mol. The molecule has 5 heteroatoms. The number of hydrogen-bond acceptors (Lipinski definition) is 2. The number of rotatable bonds is 7. The summed E-state index contributed by atoms with van der Waals surface area (Å²) in [5, 5.41) is 3.25. The van der Waals surface area contributed by atoms with Gasteiger partial charge in [0.1, 0.15) is 5.82 Å². The molecule has 2 nitrogen and oxygen atoms in total. The molecule has 1 aromatic rings. The van der Waals surface area contributed by atoms with Gasteiger partial charge in [-0.3, -0.25) is 4.90 Å². The summed E-state index contributed by atoms with van der Waals surface area (Å²) in [5.41, 5.74) is 0.263. The average molecular weight is 312 g/mol. The summed E-state index contributed by atoms with van der Waals surface area (Å²) in [6, 6.07) is 1.47. The zero-order valence-corrected chi connectivity index (χ0v) is 12.8. The van der Waals surface area contributed by atoms with Crippen molar-refractivity contribution in [1.29, 1.82) is 0 Å². The Morgan fingerprint density at radius 2 is 1.77 bits per heavy atom. The molecule has 122 valence electrons. The van der Waals surface area contributed by atoms with Crippen LogP contribution < -0.4 is 5.32 Å². The molecule has 1 aliphatic heterocycles. The van der Waals surface area contributed by atoms with Crippen LogP contribution in [0.4, 0.5) is 13.2 Å². The van der Waals surface area contributed by atoms with Crippen LogP contribution in [0.3, 0.4) is 0 Å². The minimum Gasteiger partial charge on any atom is -0.314 e. The van der Waals surface area contributed by atoms with Crippen molar-refractivity contribution in [1.82, 2.24) is 10.2 Å². The van der Waals surface area contributed by atoms with E-state index in [1.165, 1.54) is 0 Å². The van der Waals surface area contributed by atoms with Crippen LogP contribution in [0.2, 0.25) is 0 Å². The Kier molecular flexibility index (Phi) is 6.46. The quantitative estimate of drug-likeness (QED) is 0.468. The Morgan fingerprint density at radius 1 is 1.09 bits per heavy atom. The van der Waals surface area contributed by atoms with Gasteiger partial charge in [0, 0.05) is 43.9 Å². The molecule has 0 spiro atoms. The van der Waals surface area contributed by atoms with Gasteiger partial charge in [0.25, 0.3) is 0 Å². The second-order valence-electron chi connectivity index (χ2n) is 5.66. The second-order valence-corrected chi connectivity index (χ2v) is 5.66. The van der Waals surface area contributed by atoms with Crippen LogP contribution in [0, 0.1) is 17.5 Å². The van der Waals surface area contributed by atoms with Crippen LogP contribution >= 0.6 is 0 Å². The summed E-state index contributed by atoms with van der Waals surface area (Å²) in [6.45, 7) is 6.91. The van der Waals surface area contributed by atoms with Gasteiger partial charge in [-0.15, -0.1) is 6.58 Å². The zero-order chi connectivity index (χ0) is 15.9. The fraction of sp³-hybridized carbons (Fsp3) is 0.529. The lowest BCUT2D eigenvalue weighted by Gasteiger charge is -2.35. The summed E-state index contributed by atoms with van der Waals surface area (Å²) in [4.78, 5) is 2.15. The van der Waals surface area contributed by atoms with Gasteiger partial charge < -0.3 is 5.32 Å². The fourth-order valence-electron chi connectivity index (χ4n) is 2.95. The molecule has 1 aliphatic rings. The van der Waals surface area contributed by atoms with Crippen LogP contribution in [-0.2, 0) is 0 Å². The van der Waals surface area contributed by atoms with Gasteiger partial charge in [-0.05, 0) is 25.3 Å². The van der Waals surface area contributed by atoms with E-state index in [0.29, 0.717) is 6.07 Å². The summed E-state index contributed by atoms with van der Waals surface area (Å²) in [7, 11) is 0. The first-order valence-electron chi connectivity index (χ1n) is 7.83. The SMILES string of the molecule is C=CCCCC[C@@H](c1cc(F)c(F)cc1F)N1CCNCC1. The standard InChI is InChI=1S/C17H23F3N2/c1-2-3-4-5-6-17(22-9-7-21-8-10-22)13-11-15(19)16(20)12-14(13)18/h2,11-12,17,21H,1,3-10H2/t17-/m0/s1. The van der Waals surface area contributed by atoms with Gasteiger partial charge in [-0.2, -0.15) is 0 Å². The van der Waals surface area contributed by atoms with E-state index in [1.54, 1.807) is 0 Å². The molecule has 1 aromatic carbocycles. The third-order valence-electron chi connectivity index (χ3n) is 4.13. The Balaban J connectivity index is 2.18. The molecule has 22 heavy (non-hydrogen) atoms. The minimum absolute atomic E-state index is 0.206. The van der Waals surface area contributed by atoms with Crippen molar-refractivity contribution in [3.63, 3.8) is 0 Å². The average Bonchev–Trinajstić information content (AvgIpc) is 2.52. The molecule has 0 unspecified atom stereocenters. The molecule has 0 radical (unpaired) electrons. The van der Waals surface area contributed by atoms with Gasteiger partial charge in [0.15, 0.2) is 11.6 Å². The number of allylic oxidation sites excluding steroid dienone is 1. The van der Waals surface area contributed by atoms with Crippen molar-refractivity contribution in [2.75, 3.05) is 26.2 Å². The van der Waals surface area contributed by atoms with E-state index in [2.05, 4.69) is 16.8 Å². The molecule has 1 saturated heterocycles. The first kappa shape index (κ1) is 17.0. The van der Waals surface area contributed by atoms with Crippen molar-refractivity contribution in [3.05, 3.63) is 47.8 Å². The van der Waals surface area contributed by atoms with Crippen LogP contribution in [0.1, 0.15) is 37.3 Å². The largest absolute Gasteiger partial charge is 0.314 e. The van der Waals surface area contributed by atoms with E-state index in [4.69, 9.17) is 0 Å². The predicted octanol–water partition coefficient (Wildman–Crippen LogP) is 3.80. The molecular weight excluding hydrogens is 289 g/mol. The smallest absolute Gasteiger partial charge is 0.161 e. The summed E-state index contributed by atoms with van der Waals surface area (Å²) < 4.78 is 40.9. The van der Waals surface area contributed by atoms with Crippen molar-refractivity contribution in [3.8, 4) is 0 Å². The normalized spacial score (nSPS) is 17.4. The topological polar surface area (TPSA) is 15.3 Å². The van der Waals surface area contributed by atoms with E-state index < -0.39 is 17.5 Å². The van der Waals surface area contributed by atoms with E-state index in [-0.39, 0.29) is 11.6 Å². The fourth-order valence-corrected chi connectivity index (χ4v) is 2.95. The van der Waals surface area contributed by atoms with Crippen LogP contribution in [-0.4, -0.2) is 31.1 Å². The molecule has 2 rings (SSSR count). The molecular formula is C17H23F3N2. The van der Waals surface area contributed by atoms with E-state index in [0.717, 1.165) is 57.9 Å². The first-order valence-corrected chi connectivity index (χ1v) is 7.83. The van der Waals surface area contributed by atoms with Crippen LogP contribution in [0.5, 0.6) is 0 Å². The molecule has 0 aliphatic carbocycles. The van der Waals surface area contributed by atoms with Crippen molar-refractivity contribution >= 4 is 0 Å². The maximum atomic E-state index is 14.1. The highest BCUT2D eigenvalue weighted by Gasteiger charge is 2.25. The lowest BCUT2D eigenvalue weighted by Crippen LogP contribution is -2.45. The Bertz CT molecular complexity index is 499. The number of nitrogens with one attached hydrogen (secondary N) is 1. The number of nitrogens with zero attached hydrogens (tertiary/aromatic N) is 1. The Morgan fingerprint density at radius 3 is 2.45 bits per heavy atom. The number of benzene rings is 1. The minimum atomic E-state index is -1.13. The first-order chi connectivity index (χ1) is 10.6. The van der Waals surface area contributed by atoms with Gasteiger partial charge in [0.2, 0.25) is 0 Å². The lowest BCUT2D eigenvalue weighted by atomic mass is 9.97. The molecule has 1 N–H and O–H groups in total. The third kappa shape index (κ3) is 4.34. The Labute approximate surface area is 130 Å². The maximum Gasteiger partial charge on any atom is 0.161 e. The van der Waals surface area contributed by atoms with E-state index >= 15 is 0 Å². The number of unbranched alkanes of at least 4 members (excludes halogenated alkanes) is 2. The molecule has 0 amide bonds. The highest BCUT2D eigenvalue weighted by Crippen LogP contribution is 2.30. The molecule has 0 saturated carbocycles. The van der Waals surface area contributed by atoms with Crippen molar-refractivity contribution in [2.24, 2.45) is 0 Å². The highest BCUT2D eigenvalue weighted by molar-refractivity contribution is 5.24.